The molecule has 0 radical (unpaired) electrons. The van der Waals surface area contributed by atoms with Crippen LogP contribution in [-0.2, 0) is 13.0 Å². The number of nitrogens with one attached hydrogen (secondary N) is 1. The van der Waals surface area contributed by atoms with E-state index in [1.165, 1.54) is 18.9 Å². The molecular weight excluding hydrogens is 351 g/mol. The molecule has 2 saturated heterocycles. The van der Waals surface area contributed by atoms with E-state index in [1.807, 2.05) is 0 Å². The van der Waals surface area contributed by atoms with E-state index < -0.39 is 5.82 Å². The zero-order valence-corrected chi connectivity index (χ0v) is 15.3. The second-order valence-corrected chi connectivity index (χ2v) is 8.34. The molecule has 1 aromatic heterocycles. The smallest absolute Gasteiger partial charge is 0.257 e. The van der Waals surface area contributed by atoms with Gasteiger partial charge in [0.05, 0.1) is 17.8 Å². The lowest BCUT2D eigenvalue weighted by atomic mass is 10.1. The lowest BCUT2D eigenvalue weighted by Gasteiger charge is -2.35. The van der Waals surface area contributed by atoms with Crippen molar-refractivity contribution in [1.82, 2.24) is 15.2 Å². The summed E-state index contributed by atoms with van der Waals surface area (Å²) in [4.78, 5) is 23.0. The van der Waals surface area contributed by atoms with Gasteiger partial charge in [-0.1, -0.05) is 23.5 Å². The number of nitrogens with zero attached hydrogens (tertiary/aromatic N) is 3. The molecule has 5 rings (SSSR count). The Morgan fingerprint density at radius 1 is 1.23 bits per heavy atom. The quantitative estimate of drug-likeness (QED) is 0.880. The lowest BCUT2D eigenvalue weighted by molar-refractivity contribution is 0.0731. The summed E-state index contributed by atoms with van der Waals surface area (Å²) in [5, 5.41) is 4.60. The number of aromatic nitrogens is 1. The van der Waals surface area contributed by atoms with E-state index in [4.69, 9.17) is 4.98 Å². The summed E-state index contributed by atoms with van der Waals surface area (Å²) in [6.45, 7) is 3.18. The van der Waals surface area contributed by atoms with Gasteiger partial charge in [0.2, 0.25) is 0 Å². The van der Waals surface area contributed by atoms with Crippen molar-refractivity contribution < 1.29 is 9.18 Å². The van der Waals surface area contributed by atoms with Crippen LogP contribution in [0.4, 0.5) is 9.52 Å². The van der Waals surface area contributed by atoms with Gasteiger partial charge in [0.25, 0.3) is 5.91 Å². The molecule has 7 heteroatoms. The third-order valence-corrected chi connectivity index (χ3v) is 6.81. The summed E-state index contributed by atoms with van der Waals surface area (Å²) in [7, 11) is 0. The normalized spacial score (nSPS) is 24.7. The second kappa shape index (κ2) is 6.32. The number of benzene rings is 1. The number of anilines is 1. The molecule has 26 heavy (non-hydrogen) atoms. The van der Waals surface area contributed by atoms with Gasteiger partial charge >= 0.3 is 0 Å². The number of hydrogen-bond acceptors (Lipinski definition) is 5. The van der Waals surface area contributed by atoms with Crippen molar-refractivity contribution in [2.75, 3.05) is 24.5 Å². The Kier molecular flexibility index (Phi) is 3.94. The average Bonchev–Trinajstić information content (AvgIpc) is 3.18. The Hall–Kier alpha value is -1.99. The molecule has 0 spiro atoms. The van der Waals surface area contributed by atoms with Crippen LogP contribution in [0, 0.1) is 5.82 Å². The zero-order valence-electron chi connectivity index (χ0n) is 14.4. The van der Waals surface area contributed by atoms with E-state index in [1.54, 1.807) is 34.4 Å². The fraction of sp³-hybridized carbons (Fsp3) is 0.474. The number of halogens is 1. The zero-order chi connectivity index (χ0) is 17.7. The number of hydrogen-bond donors (Lipinski definition) is 1. The van der Waals surface area contributed by atoms with Crippen LogP contribution in [0.15, 0.2) is 24.3 Å². The van der Waals surface area contributed by atoms with Gasteiger partial charge in [-0.05, 0) is 25.0 Å². The van der Waals surface area contributed by atoms with Gasteiger partial charge < -0.3 is 15.1 Å². The second-order valence-electron chi connectivity index (χ2n) is 7.27. The van der Waals surface area contributed by atoms with Crippen LogP contribution in [0.2, 0.25) is 0 Å². The molecule has 0 aliphatic carbocycles. The summed E-state index contributed by atoms with van der Waals surface area (Å²) >= 11 is 1.71. The Labute approximate surface area is 155 Å². The minimum atomic E-state index is -0.453. The van der Waals surface area contributed by atoms with Crippen molar-refractivity contribution in [2.45, 2.75) is 37.9 Å². The average molecular weight is 372 g/mol. The van der Waals surface area contributed by atoms with Crippen molar-refractivity contribution in [3.8, 4) is 0 Å². The maximum atomic E-state index is 14.0. The largest absolute Gasteiger partial charge is 0.340 e. The van der Waals surface area contributed by atoms with Gasteiger partial charge in [-0.25, -0.2) is 9.37 Å². The molecule has 3 aliphatic rings. The molecule has 136 valence electrons. The maximum Gasteiger partial charge on any atom is 0.257 e. The first-order valence-electron chi connectivity index (χ1n) is 9.22. The molecule has 1 amide bonds. The molecule has 2 unspecified atom stereocenters. The Bertz CT molecular complexity index is 838. The van der Waals surface area contributed by atoms with E-state index in [-0.39, 0.29) is 11.5 Å². The molecule has 2 atom stereocenters. The highest BCUT2D eigenvalue weighted by Crippen LogP contribution is 2.38. The molecule has 5 nitrogen and oxygen atoms in total. The first-order chi connectivity index (χ1) is 12.7. The third kappa shape index (κ3) is 2.61. The van der Waals surface area contributed by atoms with Crippen LogP contribution in [0.5, 0.6) is 0 Å². The molecule has 1 aromatic carbocycles. The number of piperazine rings is 1. The van der Waals surface area contributed by atoms with Gasteiger partial charge in [0.15, 0.2) is 5.13 Å². The first kappa shape index (κ1) is 16.2. The van der Waals surface area contributed by atoms with Crippen LogP contribution >= 0.6 is 11.3 Å². The highest BCUT2D eigenvalue weighted by atomic mass is 32.1. The van der Waals surface area contributed by atoms with Crippen molar-refractivity contribution in [2.24, 2.45) is 0 Å². The summed E-state index contributed by atoms with van der Waals surface area (Å²) in [5.74, 6) is -0.684. The highest BCUT2D eigenvalue weighted by molar-refractivity contribution is 7.15. The van der Waals surface area contributed by atoms with Crippen LogP contribution < -0.4 is 10.2 Å². The predicted octanol–water partition coefficient (Wildman–Crippen LogP) is 2.42. The van der Waals surface area contributed by atoms with Gasteiger partial charge in [-0.15, -0.1) is 0 Å². The SMILES string of the molecule is O=C(c1ccccc1F)N1CCc2nc(N3C4CCC3CNC4)sc2C1. The van der Waals surface area contributed by atoms with Crippen molar-refractivity contribution in [1.29, 1.82) is 0 Å². The molecule has 0 saturated carbocycles. The van der Waals surface area contributed by atoms with E-state index in [2.05, 4.69) is 10.2 Å². The Morgan fingerprint density at radius 2 is 2.00 bits per heavy atom. The molecule has 1 N–H and O–H groups in total. The highest BCUT2D eigenvalue weighted by Gasteiger charge is 2.39. The minimum Gasteiger partial charge on any atom is -0.340 e. The minimum absolute atomic E-state index is 0.154. The lowest BCUT2D eigenvalue weighted by Crippen LogP contribution is -2.51. The van der Waals surface area contributed by atoms with Crippen molar-refractivity contribution in [3.05, 3.63) is 46.2 Å². The van der Waals surface area contributed by atoms with Crippen molar-refractivity contribution in [3.63, 3.8) is 0 Å². The molecule has 4 heterocycles. The molecular formula is C19H21FN4OS. The first-order valence-corrected chi connectivity index (χ1v) is 10.0. The van der Waals surface area contributed by atoms with Crippen LogP contribution in [-0.4, -0.2) is 47.5 Å². The molecule has 2 aromatic rings. The number of carbonyl (C=O) groups is 1. The number of fused-ring (bicyclic) bond motifs is 3. The van der Waals surface area contributed by atoms with E-state index in [9.17, 15) is 9.18 Å². The van der Waals surface area contributed by atoms with E-state index in [0.29, 0.717) is 25.2 Å². The molecule has 3 aliphatic heterocycles. The van der Waals surface area contributed by atoms with E-state index >= 15 is 0 Å². The van der Waals surface area contributed by atoms with Crippen LogP contribution in [0.25, 0.3) is 0 Å². The summed E-state index contributed by atoms with van der Waals surface area (Å²) in [6.07, 6.45) is 3.19. The molecule has 2 fully saturated rings. The molecule has 2 bridgehead atoms. The monoisotopic (exact) mass is 372 g/mol. The van der Waals surface area contributed by atoms with Gasteiger partial charge in [0.1, 0.15) is 5.82 Å². The number of thiazole rings is 1. The van der Waals surface area contributed by atoms with Gasteiger partial charge in [0, 0.05) is 43.0 Å². The number of carbonyl (C=O) groups excluding carboxylic acids is 1. The summed E-state index contributed by atoms with van der Waals surface area (Å²) < 4.78 is 14.0. The number of rotatable bonds is 2. The topological polar surface area (TPSA) is 48.5 Å². The number of amides is 1. The Morgan fingerprint density at radius 3 is 2.77 bits per heavy atom. The summed E-state index contributed by atoms with van der Waals surface area (Å²) in [6, 6.07) is 7.29. The maximum absolute atomic E-state index is 14.0. The van der Waals surface area contributed by atoms with Crippen LogP contribution in [0.1, 0.15) is 33.8 Å². The fourth-order valence-electron chi connectivity index (χ4n) is 4.36. The van der Waals surface area contributed by atoms with Gasteiger partial charge in [-0.3, -0.25) is 4.79 Å². The van der Waals surface area contributed by atoms with Crippen LogP contribution in [0.3, 0.4) is 0 Å². The third-order valence-electron chi connectivity index (χ3n) is 5.71. The standard InChI is InChI=1S/C19H21FN4OS/c20-15-4-2-1-3-14(15)18(25)23-8-7-16-17(11-23)26-19(22-16)24-12-5-6-13(24)10-21-9-12/h1-4,12-13,21H,5-11H2. The fourth-order valence-corrected chi connectivity index (χ4v) is 5.63. The summed E-state index contributed by atoms with van der Waals surface area (Å²) in [5.41, 5.74) is 1.27. The van der Waals surface area contributed by atoms with Gasteiger partial charge in [-0.2, -0.15) is 0 Å². The predicted molar refractivity (Wildman–Crippen MR) is 99.1 cm³/mol. The Balaban J connectivity index is 1.38. The van der Waals surface area contributed by atoms with Crippen molar-refractivity contribution >= 4 is 22.4 Å². The van der Waals surface area contributed by atoms with E-state index in [0.717, 1.165) is 35.2 Å².